The molecule has 9 heteroatoms. The molecular weight excluding hydrogens is 558 g/mol. The summed E-state index contributed by atoms with van der Waals surface area (Å²) in [6.07, 6.45) is 3.34. The number of nitrogens with one attached hydrogen (secondary N) is 1. The number of carbonyl (C=O) groups excluding carboxylic acids is 1. The van der Waals surface area contributed by atoms with Crippen molar-refractivity contribution in [3.8, 4) is 11.3 Å². The first-order valence-corrected chi connectivity index (χ1v) is 14.6. The first-order valence-electron chi connectivity index (χ1n) is 13.7. The third-order valence-electron chi connectivity index (χ3n) is 7.21. The van der Waals surface area contributed by atoms with Crippen LogP contribution in [0.15, 0.2) is 138 Å². The van der Waals surface area contributed by atoms with E-state index in [1.807, 2.05) is 59.4 Å². The summed E-state index contributed by atoms with van der Waals surface area (Å²) >= 11 is 1.07. The molecule has 8 nitrogen and oxygen atoms in total. The van der Waals surface area contributed by atoms with E-state index in [4.69, 9.17) is 10.2 Å². The number of thioether (sulfide) groups is 1. The van der Waals surface area contributed by atoms with Gasteiger partial charge >= 0.3 is 5.97 Å². The SMILES string of the molecule is O=C(O)CC1SC(=NN=Cc2ccc(-c3ccn(C(c4ccccc4)(c4ccccc4)c4ccccc4)n3)cc2)NC1=O. The lowest BCUT2D eigenvalue weighted by molar-refractivity contribution is -0.138. The van der Waals surface area contributed by atoms with Gasteiger partial charge in [-0.3, -0.25) is 14.3 Å². The van der Waals surface area contributed by atoms with Crippen LogP contribution < -0.4 is 5.32 Å². The Hall–Kier alpha value is -5.28. The zero-order chi connectivity index (χ0) is 29.6. The van der Waals surface area contributed by atoms with E-state index < -0.39 is 16.8 Å². The minimum atomic E-state index is -1.03. The van der Waals surface area contributed by atoms with Crippen LogP contribution in [-0.2, 0) is 15.1 Å². The van der Waals surface area contributed by atoms with Crippen LogP contribution >= 0.6 is 11.8 Å². The molecule has 0 radical (unpaired) electrons. The van der Waals surface area contributed by atoms with Gasteiger partial charge in [0.15, 0.2) is 5.17 Å². The molecule has 1 aliphatic rings. The Balaban J connectivity index is 1.30. The number of hydrogen-bond acceptors (Lipinski definition) is 6. The normalized spacial score (nSPS) is 16.0. The van der Waals surface area contributed by atoms with Gasteiger partial charge in [0.1, 0.15) is 10.8 Å². The van der Waals surface area contributed by atoms with Gasteiger partial charge in [0.05, 0.1) is 18.3 Å². The average Bonchev–Trinajstić information content (AvgIpc) is 3.66. The summed E-state index contributed by atoms with van der Waals surface area (Å²) in [6.45, 7) is 0. The lowest BCUT2D eigenvalue weighted by Crippen LogP contribution is -2.38. The smallest absolute Gasteiger partial charge is 0.305 e. The number of rotatable bonds is 9. The van der Waals surface area contributed by atoms with Crippen molar-refractivity contribution in [3.63, 3.8) is 0 Å². The predicted molar refractivity (Wildman–Crippen MR) is 169 cm³/mol. The molecule has 6 rings (SSSR count). The second kappa shape index (κ2) is 12.3. The Kier molecular flexibility index (Phi) is 7.97. The van der Waals surface area contributed by atoms with Gasteiger partial charge in [0.2, 0.25) is 5.91 Å². The van der Waals surface area contributed by atoms with Crippen molar-refractivity contribution in [3.05, 3.63) is 150 Å². The minimum absolute atomic E-state index is 0.264. The summed E-state index contributed by atoms with van der Waals surface area (Å²) in [5, 5.41) is 24.3. The van der Waals surface area contributed by atoms with Gasteiger partial charge < -0.3 is 10.4 Å². The molecular formula is C34H27N5O3S. The highest BCUT2D eigenvalue weighted by atomic mass is 32.2. The topological polar surface area (TPSA) is 109 Å². The number of benzene rings is 4. The number of carboxylic acids is 1. The van der Waals surface area contributed by atoms with Crippen molar-refractivity contribution in [2.24, 2.45) is 10.2 Å². The molecule has 5 aromatic rings. The Morgan fingerprint density at radius 3 is 1.95 bits per heavy atom. The number of aliphatic carboxylic acids is 1. The van der Waals surface area contributed by atoms with Crippen molar-refractivity contribution in [1.82, 2.24) is 15.1 Å². The molecule has 1 aromatic heterocycles. The molecule has 0 spiro atoms. The quantitative estimate of drug-likeness (QED) is 0.129. The average molecular weight is 586 g/mol. The predicted octanol–water partition coefficient (Wildman–Crippen LogP) is 5.79. The molecule has 4 aromatic carbocycles. The third kappa shape index (κ3) is 5.75. The van der Waals surface area contributed by atoms with Crippen LogP contribution in [0.4, 0.5) is 0 Å². The second-order valence-corrected chi connectivity index (χ2v) is 11.1. The van der Waals surface area contributed by atoms with Crippen LogP contribution in [0.2, 0.25) is 0 Å². The molecule has 0 bridgehead atoms. The van der Waals surface area contributed by atoms with Gasteiger partial charge in [-0.05, 0) is 28.3 Å². The zero-order valence-corrected chi connectivity index (χ0v) is 23.8. The van der Waals surface area contributed by atoms with E-state index in [1.165, 1.54) is 0 Å². The fourth-order valence-electron chi connectivity index (χ4n) is 5.23. The first-order chi connectivity index (χ1) is 21.0. The maximum atomic E-state index is 11.9. The first kappa shape index (κ1) is 27.9. The van der Waals surface area contributed by atoms with Crippen LogP contribution in [-0.4, -0.2) is 43.4 Å². The fraction of sp³-hybridized carbons (Fsp3) is 0.0882. The monoisotopic (exact) mass is 585 g/mol. The van der Waals surface area contributed by atoms with Gasteiger partial charge in [-0.2, -0.15) is 10.2 Å². The molecule has 43 heavy (non-hydrogen) atoms. The number of carboxylic acid groups (broad SMARTS) is 1. The van der Waals surface area contributed by atoms with Crippen molar-refractivity contribution < 1.29 is 14.7 Å². The molecule has 0 saturated carbocycles. The zero-order valence-electron chi connectivity index (χ0n) is 22.9. The van der Waals surface area contributed by atoms with E-state index in [2.05, 4.69) is 88.3 Å². The third-order valence-corrected chi connectivity index (χ3v) is 8.28. The summed E-state index contributed by atoms with van der Waals surface area (Å²) in [5.41, 5.74) is 5.19. The summed E-state index contributed by atoms with van der Waals surface area (Å²) in [7, 11) is 0. The molecule has 1 unspecified atom stereocenters. The highest BCUT2D eigenvalue weighted by Crippen LogP contribution is 2.40. The van der Waals surface area contributed by atoms with Crippen LogP contribution in [0.5, 0.6) is 0 Å². The number of nitrogens with zero attached hydrogens (tertiary/aromatic N) is 4. The van der Waals surface area contributed by atoms with Crippen LogP contribution in [0.1, 0.15) is 28.7 Å². The Morgan fingerprint density at radius 1 is 0.860 bits per heavy atom. The second-order valence-electron chi connectivity index (χ2n) is 9.92. The molecule has 1 amide bonds. The maximum absolute atomic E-state index is 11.9. The molecule has 2 N–H and O–H groups in total. The van der Waals surface area contributed by atoms with Crippen LogP contribution in [0.25, 0.3) is 11.3 Å². The van der Waals surface area contributed by atoms with Gasteiger partial charge in [0.25, 0.3) is 0 Å². The Labute approximate surface area is 252 Å². The van der Waals surface area contributed by atoms with Gasteiger partial charge in [0, 0.05) is 11.8 Å². The van der Waals surface area contributed by atoms with Crippen molar-refractivity contribution in [1.29, 1.82) is 0 Å². The molecule has 1 fully saturated rings. The number of amidine groups is 1. The van der Waals surface area contributed by atoms with Crippen molar-refractivity contribution >= 4 is 35.0 Å². The highest BCUT2D eigenvalue weighted by Gasteiger charge is 2.39. The lowest BCUT2D eigenvalue weighted by Gasteiger charge is -2.36. The summed E-state index contributed by atoms with van der Waals surface area (Å²) in [4.78, 5) is 22.8. The van der Waals surface area contributed by atoms with Crippen LogP contribution in [0, 0.1) is 0 Å². The van der Waals surface area contributed by atoms with E-state index >= 15 is 0 Å². The van der Waals surface area contributed by atoms with E-state index in [0.717, 1.165) is 45.3 Å². The summed E-state index contributed by atoms with van der Waals surface area (Å²) < 4.78 is 2.04. The van der Waals surface area contributed by atoms with E-state index in [9.17, 15) is 9.59 Å². The van der Waals surface area contributed by atoms with E-state index in [1.54, 1.807) is 6.21 Å². The van der Waals surface area contributed by atoms with Crippen molar-refractivity contribution in [2.75, 3.05) is 0 Å². The molecule has 1 aliphatic heterocycles. The van der Waals surface area contributed by atoms with Crippen LogP contribution in [0.3, 0.4) is 0 Å². The van der Waals surface area contributed by atoms with Gasteiger partial charge in [-0.1, -0.05) is 127 Å². The van der Waals surface area contributed by atoms with E-state index in [0.29, 0.717) is 0 Å². The molecule has 2 heterocycles. The standard InChI is InChI=1S/C34H27N5O3S/c40-31(41)22-30-32(42)36-33(43-30)37-35-23-24-16-18-25(19-17-24)29-20-21-39(38-29)34(26-10-4-1-5-11-26,27-12-6-2-7-13-27)28-14-8-3-9-15-28/h1-21,23,30H,22H2,(H,40,41)(H,36,37,42). The number of hydrogen-bond donors (Lipinski definition) is 2. The summed E-state index contributed by atoms with van der Waals surface area (Å²) in [6, 6.07) is 41.0. The fourth-order valence-corrected chi connectivity index (χ4v) is 6.15. The minimum Gasteiger partial charge on any atom is -0.481 e. The Morgan fingerprint density at radius 2 is 1.42 bits per heavy atom. The molecule has 0 aliphatic carbocycles. The molecule has 212 valence electrons. The van der Waals surface area contributed by atoms with Gasteiger partial charge in [-0.25, -0.2) is 0 Å². The largest absolute Gasteiger partial charge is 0.481 e. The lowest BCUT2D eigenvalue weighted by atomic mass is 9.77. The van der Waals surface area contributed by atoms with Crippen molar-refractivity contribution in [2.45, 2.75) is 17.2 Å². The highest BCUT2D eigenvalue weighted by molar-refractivity contribution is 8.15. The summed E-state index contributed by atoms with van der Waals surface area (Å²) in [5.74, 6) is -1.41. The van der Waals surface area contributed by atoms with E-state index in [-0.39, 0.29) is 17.5 Å². The molecule has 1 atom stereocenters. The maximum Gasteiger partial charge on any atom is 0.305 e. The van der Waals surface area contributed by atoms with Gasteiger partial charge in [-0.15, -0.1) is 5.10 Å². The number of amides is 1. The Bertz CT molecular complexity index is 1690. The number of carbonyl (C=O) groups is 2. The number of aromatic nitrogens is 2. The molecule has 1 saturated heterocycles.